The highest BCUT2D eigenvalue weighted by molar-refractivity contribution is 7.90. The molecule has 236 valence electrons. The largest absolute Gasteiger partial charge is 0.508 e. The molecular weight excluding hydrogens is 620 g/mol. The van der Waals surface area contributed by atoms with E-state index in [4.69, 9.17) is 28.3 Å². The Morgan fingerprint density at radius 3 is 2.37 bits per heavy atom. The number of anilines is 1. The third-order valence-corrected chi connectivity index (χ3v) is 10.3. The van der Waals surface area contributed by atoms with E-state index in [9.17, 15) is 31.5 Å². The van der Waals surface area contributed by atoms with Crippen LogP contribution in [-0.2, 0) is 10.0 Å². The van der Waals surface area contributed by atoms with Gasteiger partial charge in [0.05, 0.1) is 38.2 Å². The number of hydrogen-bond acceptors (Lipinski definition) is 8. The second-order valence-corrected chi connectivity index (χ2v) is 13.9. The lowest BCUT2D eigenvalue weighted by atomic mass is 9.41. The maximum atomic E-state index is 13.6. The quantitative estimate of drug-likeness (QED) is 0.320. The van der Waals surface area contributed by atoms with Crippen LogP contribution in [0.25, 0.3) is 5.82 Å². The Morgan fingerprint density at radius 2 is 1.80 bits per heavy atom. The van der Waals surface area contributed by atoms with Crippen molar-refractivity contribution in [2.45, 2.75) is 54.9 Å². The minimum absolute atomic E-state index is 0.00347. The van der Waals surface area contributed by atoms with Gasteiger partial charge in [-0.15, -0.1) is 17.2 Å². The molecule has 3 aromatic rings. The van der Waals surface area contributed by atoms with Gasteiger partial charge in [-0.25, -0.2) is 22.8 Å². The Morgan fingerprint density at radius 1 is 1.15 bits per heavy atom. The van der Waals surface area contributed by atoms with Crippen LogP contribution in [0.5, 0.6) is 11.6 Å². The molecule has 0 unspecified atom stereocenters. The Labute approximate surface area is 268 Å². The first-order chi connectivity index (χ1) is 21.3. The third kappa shape index (κ3) is 6.01. The number of pyridine rings is 1. The number of halogens is 3. The van der Waals surface area contributed by atoms with E-state index in [1.54, 1.807) is 18.7 Å². The van der Waals surface area contributed by atoms with Crippen molar-refractivity contribution in [3.63, 3.8) is 0 Å². The van der Waals surface area contributed by atoms with Crippen LogP contribution in [0.3, 0.4) is 0 Å². The van der Waals surface area contributed by atoms with Gasteiger partial charge in [0.25, 0.3) is 15.9 Å². The van der Waals surface area contributed by atoms with Crippen molar-refractivity contribution < 1.29 is 36.2 Å². The van der Waals surface area contributed by atoms with Crippen molar-refractivity contribution >= 4 is 45.3 Å². The SMILES string of the molecule is [B]C(=C)[C@@H]1CN(c2nc(-n3ccc(OCCC4(C(F)(F)F)CC4)n3)ccc2C(=O)NS(=O)(=O)c2ccc(O)cc2)C(C)(C)C1([B])[B]. The minimum Gasteiger partial charge on any atom is -0.508 e. The van der Waals surface area contributed by atoms with E-state index in [0.29, 0.717) is 0 Å². The average Bonchev–Trinajstić information content (AvgIpc) is 3.56. The molecule has 5 rings (SSSR count). The van der Waals surface area contributed by atoms with Gasteiger partial charge in [-0.3, -0.25) is 4.79 Å². The third-order valence-electron chi connectivity index (χ3n) is 8.94. The van der Waals surface area contributed by atoms with E-state index in [1.807, 2.05) is 4.72 Å². The van der Waals surface area contributed by atoms with Crippen LogP contribution in [0.2, 0.25) is 5.21 Å². The summed E-state index contributed by atoms with van der Waals surface area (Å²) in [6.45, 7) is 7.12. The van der Waals surface area contributed by atoms with Gasteiger partial charge < -0.3 is 14.7 Å². The molecule has 3 heterocycles. The molecule has 2 N–H and O–H groups in total. The summed E-state index contributed by atoms with van der Waals surface area (Å²) in [5, 5.41) is 12.3. The predicted octanol–water partition coefficient (Wildman–Crippen LogP) is 3.55. The Balaban J connectivity index is 1.47. The first-order valence-corrected chi connectivity index (χ1v) is 15.7. The van der Waals surface area contributed by atoms with Crippen molar-refractivity contribution in [3.8, 4) is 17.4 Å². The van der Waals surface area contributed by atoms with Gasteiger partial charge in [0, 0.05) is 24.3 Å². The molecule has 1 atom stereocenters. The van der Waals surface area contributed by atoms with Crippen LogP contribution in [-0.4, -0.2) is 82.6 Å². The van der Waals surface area contributed by atoms with Crippen molar-refractivity contribution in [1.29, 1.82) is 0 Å². The topological polar surface area (TPSA) is 127 Å². The number of carbonyl (C=O) groups is 1. The second kappa shape index (κ2) is 11.4. The number of nitrogens with one attached hydrogen (secondary N) is 1. The molecule has 17 heteroatoms. The van der Waals surface area contributed by atoms with Crippen LogP contribution >= 0.6 is 0 Å². The number of alkyl halides is 3. The van der Waals surface area contributed by atoms with Crippen molar-refractivity contribution in [2.75, 3.05) is 18.1 Å². The summed E-state index contributed by atoms with van der Waals surface area (Å²) >= 11 is 0. The van der Waals surface area contributed by atoms with E-state index in [-0.39, 0.29) is 71.6 Å². The standard InChI is InChI=1S/C29H29B3F3N5O5S/c1-17(30)21-16-39(26(2,3)28(21,31)32)24-20(25(42)38-46(43,44)19-6-4-18(41)5-7-19)8-9-22(36-24)40-14-10-23(37-40)45-15-13-27(11-12-27)29(33,34)35/h4-10,14,21,41H,1,11-13,15-16H2,2-3H3,(H,38,42)/t21-/m0/s1. The van der Waals surface area contributed by atoms with Gasteiger partial charge >= 0.3 is 6.18 Å². The highest BCUT2D eigenvalue weighted by Gasteiger charge is 2.62. The molecule has 1 aromatic carbocycles. The molecule has 1 saturated heterocycles. The predicted molar refractivity (Wildman–Crippen MR) is 166 cm³/mol. The minimum atomic E-state index is -4.37. The van der Waals surface area contributed by atoms with E-state index in [2.05, 4.69) is 16.7 Å². The molecule has 2 aliphatic rings. The Hall–Kier alpha value is -3.88. The van der Waals surface area contributed by atoms with Crippen molar-refractivity contribution in [3.05, 3.63) is 66.3 Å². The monoisotopic (exact) mass is 649 g/mol. The Bertz CT molecular complexity index is 1780. The number of phenols is 1. The number of sulfonamides is 1. The highest BCUT2D eigenvalue weighted by atomic mass is 32.2. The van der Waals surface area contributed by atoms with E-state index >= 15 is 0 Å². The number of rotatable bonds is 10. The lowest BCUT2D eigenvalue weighted by molar-refractivity contribution is -0.190. The number of hydrogen-bond donors (Lipinski definition) is 2. The fourth-order valence-corrected chi connectivity index (χ4v) is 6.46. The molecule has 0 bridgehead atoms. The van der Waals surface area contributed by atoms with Gasteiger partial charge in [0.2, 0.25) is 5.88 Å². The van der Waals surface area contributed by atoms with Gasteiger partial charge in [-0.1, -0.05) is 5.21 Å². The summed E-state index contributed by atoms with van der Waals surface area (Å²) in [5.41, 5.74) is -2.77. The van der Waals surface area contributed by atoms with Gasteiger partial charge in [-0.05, 0) is 75.4 Å². The molecule has 2 fully saturated rings. The van der Waals surface area contributed by atoms with Crippen LogP contribution in [0.15, 0.2) is 65.6 Å². The maximum absolute atomic E-state index is 13.6. The van der Waals surface area contributed by atoms with E-state index in [0.717, 1.165) is 24.3 Å². The number of benzene rings is 1. The molecule has 1 aliphatic carbocycles. The summed E-state index contributed by atoms with van der Waals surface area (Å²) in [6, 6.07) is 8.81. The molecule has 2 aromatic heterocycles. The lowest BCUT2D eigenvalue weighted by Crippen LogP contribution is -2.48. The van der Waals surface area contributed by atoms with Crippen LogP contribution in [0.1, 0.15) is 43.5 Å². The first-order valence-electron chi connectivity index (χ1n) is 14.2. The molecular formula is C29H29B3F3N5O5S. The summed E-state index contributed by atoms with van der Waals surface area (Å²) < 4.78 is 74.7. The maximum Gasteiger partial charge on any atom is 0.394 e. The molecule has 1 amide bonds. The number of nitrogens with zero attached hydrogens (tertiary/aromatic N) is 4. The molecule has 1 saturated carbocycles. The molecule has 6 radical (unpaired) electrons. The first kappa shape index (κ1) is 33.5. The van der Waals surface area contributed by atoms with Gasteiger partial charge in [0.15, 0.2) is 5.82 Å². The summed E-state index contributed by atoms with van der Waals surface area (Å²) in [7, 11) is 14.8. The van der Waals surface area contributed by atoms with Crippen LogP contribution in [0.4, 0.5) is 19.0 Å². The number of aromatic hydroxyl groups is 1. The normalized spacial score (nSPS) is 19.8. The fraction of sp³-hybridized carbons (Fsp3) is 0.414. The van der Waals surface area contributed by atoms with Gasteiger partial charge in [-0.2, -0.15) is 13.2 Å². The number of phenolic OH excluding ortho intramolecular Hbond substituents is 1. The number of aromatic nitrogens is 3. The summed E-state index contributed by atoms with van der Waals surface area (Å²) in [5.74, 6) is -1.60. The molecule has 46 heavy (non-hydrogen) atoms. The molecule has 0 spiro atoms. The number of amides is 1. The fourth-order valence-electron chi connectivity index (χ4n) is 5.50. The Kier molecular flexibility index (Phi) is 8.32. The van der Waals surface area contributed by atoms with Crippen LogP contribution < -0.4 is 14.4 Å². The van der Waals surface area contributed by atoms with Crippen molar-refractivity contribution in [1.82, 2.24) is 19.5 Å². The molecule has 1 aliphatic heterocycles. The highest BCUT2D eigenvalue weighted by Crippen LogP contribution is 2.60. The van der Waals surface area contributed by atoms with Gasteiger partial charge in [0.1, 0.15) is 19.4 Å². The van der Waals surface area contributed by atoms with E-state index in [1.165, 1.54) is 29.1 Å². The lowest BCUT2D eigenvalue weighted by Gasteiger charge is -2.44. The average molecular weight is 649 g/mol. The molecule has 10 nitrogen and oxygen atoms in total. The zero-order chi connectivity index (χ0) is 33.9. The van der Waals surface area contributed by atoms with Crippen LogP contribution in [0, 0.1) is 11.3 Å². The zero-order valence-corrected chi connectivity index (χ0v) is 25.9. The van der Waals surface area contributed by atoms with E-state index < -0.39 is 44.2 Å². The summed E-state index contributed by atoms with van der Waals surface area (Å²) in [6.07, 6.45) is -2.88. The summed E-state index contributed by atoms with van der Waals surface area (Å²) in [4.78, 5) is 19.6. The van der Waals surface area contributed by atoms with Crippen molar-refractivity contribution in [2.24, 2.45) is 11.3 Å². The smallest absolute Gasteiger partial charge is 0.394 e. The zero-order valence-electron chi connectivity index (χ0n) is 25.1. The second-order valence-electron chi connectivity index (χ2n) is 12.2. The number of carbonyl (C=O) groups excluding carboxylic acids is 1. The number of ether oxygens (including phenoxy) is 1.